The number of benzene rings is 1. The minimum absolute atomic E-state index is 0.466. The summed E-state index contributed by atoms with van der Waals surface area (Å²) in [5.74, 6) is 0. The summed E-state index contributed by atoms with van der Waals surface area (Å²) >= 11 is 12.3. The van der Waals surface area contributed by atoms with Crippen LogP contribution in [-0.4, -0.2) is 5.62 Å². The molecule has 0 saturated carbocycles. The van der Waals surface area contributed by atoms with Crippen molar-refractivity contribution in [3.05, 3.63) is 28.2 Å². The fourth-order valence-corrected chi connectivity index (χ4v) is 1.26. The molecule has 1 aromatic carbocycles. The maximum Gasteiger partial charge on any atom is 0.196 e. The zero-order valence-corrected chi connectivity index (χ0v) is 8.21. The van der Waals surface area contributed by atoms with E-state index >= 15 is 0 Å². The van der Waals surface area contributed by atoms with Gasteiger partial charge in [0.15, 0.2) is 5.62 Å². The van der Waals surface area contributed by atoms with Crippen molar-refractivity contribution in [2.75, 3.05) is 4.72 Å². The summed E-state index contributed by atoms with van der Waals surface area (Å²) in [7, 11) is 0. The van der Waals surface area contributed by atoms with E-state index in [4.69, 9.17) is 23.2 Å². The van der Waals surface area contributed by atoms with Crippen LogP contribution in [0, 0.1) is 0 Å². The second-order valence-corrected chi connectivity index (χ2v) is 3.39. The van der Waals surface area contributed by atoms with Crippen molar-refractivity contribution in [2.45, 2.75) is 0 Å². The Labute approximate surface area is 84.4 Å². The van der Waals surface area contributed by atoms with E-state index in [0.717, 1.165) is 17.6 Å². The molecule has 0 fully saturated rings. The minimum Gasteiger partial charge on any atom is -0.323 e. The van der Waals surface area contributed by atoms with E-state index in [1.807, 2.05) is 0 Å². The number of hydrogen-bond donors (Lipinski definition) is 1. The monoisotopic (exact) mass is 221 g/mol. The van der Waals surface area contributed by atoms with Gasteiger partial charge in [0.05, 0.1) is 10.0 Å². The van der Waals surface area contributed by atoms with Gasteiger partial charge in [0.25, 0.3) is 0 Å². The molecular weight excluding hydrogens is 217 g/mol. The average Bonchev–Trinajstić information content (AvgIpc) is 2.07. The van der Waals surface area contributed by atoms with Crippen molar-refractivity contribution in [1.29, 1.82) is 0 Å². The van der Waals surface area contributed by atoms with E-state index < -0.39 is 0 Å². The SMILES string of the molecule is O=CSNc1ccc(Cl)c(Cl)c1. The van der Waals surface area contributed by atoms with Crippen molar-refractivity contribution in [1.82, 2.24) is 0 Å². The Morgan fingerprint density at radius 2 is 2.08 bits per heavy atom. The number of rotatable bonds is 3. The van der Waals surface area contributed by atoms with Gasteiger partial charge in [-0.1, -0.05) is 23.2 Å². The summed E-state index contributed by atoms with van der Waals surface area (Å²) < 4.78 is 2.77. The number of nitrogens with one attached hydrogen (secondary N) is 1. The van der Waals surface area contributed by atoms with Crippen molar-refractivity contribution < 1.29 is 4.79 Å². The van der Waals surface area contributed by atoms with Gasteiger partial charge in [-0.05, 0) is 18.2 Å². The molecule has 0 radical (unpaired) electrons. The van der Waals surface area contributed by atoms with Crippen LogP contribution in [0.1, 0.15) is 0 Å². The summed E-state index contributed by atoms with van der Waals surface area (Å²) in [5, 5.41) is 0.964. The summed E-state index contributed by atoms with van der Waals surface area (Å²) in [5.41, 5.74) is 1.45. The first-order chi connectivity index (χ1) is 5.74. The second-order valence-electron chi connectivity index (χ2n) is 1.95. The molecule has 5 heteroatoms. The largest absolute Gasteiger partial charge is 0.323 e. The Hall–Kier alpha value is -0.380. The maximum atomic E-state index is 9.97. The molecule has 0 unspecified atom stereocenters. The molecule has 0 spiro atoms. The van der Waals surface area contributed by atoms with Gasteiger partial charge in [0.2, 0.25) is 0 Å². The first-order valence-corrected chi connectivity index (χ1v) is 4.68. The van der Waals surface area contributed by atoms with Crippen LogP contribution in [0.3, 0.4) is 0 Å². The molecule has 1 N–H and O–H groups in total. The highest BCUT2D eigenvalue weighted by Gasteiger charge is 1.97. The molecular formula is C7H5Cl2NOS. The lowest BCUT2D eigenvalue weighted by Crippen LogP contribution is -1.85. The van der Waals surface area contributed by atoms with E-state index in [0.29, 0.717) is 15.7 Å². The predicted octanol–water partition coefficient (Wildman–Crippen LogP) is 3.24. The molecule has 1 rings (SSSR count). The van der Waals surface area contributed by atoms with Gasteiger partial charge in [-0.15, -0.1) is 0 Å². The van der Waals surface area contributed by atoms with Gasteiger partial charge in [-0.2, -0.15) is 0 Å². The standard InChI is InChI=1S/C7H5Cl2NOS/c8-6-2-1-5(3-7(6)9)10-12-4-11/h1-4,10H. The topological polar surface area (TPSA) is 29.1 Å². The molecule has 0 bridgehead atoms. The van der Waals surface area contributed by atoms with Gasteiger partial charge < -0.3 is 4.72 Å². The number of halogens is 2. The van der Waals surface area contributed by atoms with E-state index in [9.17, 15) is 4.79 Å². The zero-order chi connectivity index (χ0) is 8.97. The van der Waals surface area contributed by atoms with Crippen LogP contribution < -0.4 is 4.72 Å². The third-order valence-electron chi connectivity index (χ3n) is 1.14. The highest BCUT2D eigenvalue weighted by molar-refractivity contribution is 8.13. The molecule has 0 atom stereocenters. The Balaban J connectivity index is 2.75. The van der Waals surface area contributed by atoms with Crippen molar-refractivity contribution in [3.8, 4) is 0 Å². The Morgan fingerprint density at radius 1 is 1.33 bits per heavy atom. The molecule has 0 amide bonds. The van der Waals surface area contributed by atoms with Crippen LogP contribution in [0.2, 0.25) is 10.0 Å². The fraction of sp³-hybridized carbons (Fsp3) is 0. The van der Waals surface area contributed by atoms with Gasteiger partial charge in [-0.3, -0.25) is 4.79 Å². The van der Waals surface area contributed by atoms with Crippen molar-refractivity contribution >= 4 is 46.5 Å². The molecule has 0 aliphatic carbocycles. The van der Waals surface area contributed by atoms with Crippen LogP contribution in [0.5, 0.6) is 0 Å². The molecule has 0 saturated heterocycles. The summed E-state index contributed by atoms with van der Waals surface area (Å²) in [6, 6.07) is 5.06. The van der Waals surface area contributed by atoms with E-state index in [-0.39, 0.29) is 0 Å². The summed E-state index contributed by atoms with van der Waals surface area (Å²) in [6.45, 7) is 0. The van der Waals surface area contributed by atoms with Crippen LogP contribution in [0.15, 0.2) is 18.2 Å². The van der Waals surface area contributed by atoms with Crippen LogP contribution in [0.4, 0.5) is 5.69 Å². The molecule has 0 aliphatic heterocycles. The maximum absolute atomic E-state index is 9.97. The number of anilines is 1. The predicted molar refractivity (Wildman–Crippen MR) is 54.4 cm³/mol. The first-order valence-electron chi connectivity index (χ1n) is 3.04. The average molecular weight is 222 g/mol. The molecule has 0 aliphatic rings. The number of hydrogen-bond acceptors (Lipinski definition) is 3. The molecule has 0 heterocycles. The Bertz CT molecular complexity index is 293. The number of carbonyl (C=O) groups is 1. The molecule has 64 valence electrons. The lowest BCUT2D eigenvalue weighted by atomic mass is 10.3. The molecule has 1 aromatic rings. The zero-order valence-electron chi connectivity index (χ0n) is 5.88. The third-order valence-corrected chi connectivity index (χ3v) is 2.33. The smallest absolute Gasteiger partial charge is 0.196 e. The van der Waals surface area contributed by atoms with E-state index in [1.54, 1.807) is 18.2 Å². The second kappa shape index (κ2) is 4.60. The highest BCUT2D eigenvalue weighted by Crippen LogP contribution is 2.25. The Morgan fingerprint density at radius 3 is 2.67 bits per heavy atom. The quantitative estimate of drug-likeness (QED) is 0.628. The first kappa shape index (κ1) is 9.71. The minimum atomic E-state index is 0.466. The van der Waals surface area contributed by atoms with Crippen molar-refractivity contribution in [2.24, 2.45) is 0 Å². The molecule has 12 heavy (non-hydrogen) atoms. The summed E-state index contributed by atoms with van der Waals surface area (Å²) in [4.78, 5) is 9.97. The lowest BCUT2D eigenvalue weighted by molar-refractivity contribution is 0.570. The van der Waals surface area contributed by atoms with Gasteiger partial charge in [0.1, 0.15) is 0 Å². The van der Waals surface area contributed by atoms with Crippen LogP contribution in [0.25, 0.3) is 0 Å². The van der Waals surface area contributed by atoms with Gasteiger partial charge in [0, 0.05) is 17.6 Å². The molecule has 0 aromatic heterocycles. The number of carbonyl (C=O) groups excluding carboxylic acids is 1. The molecule has 2 nitrogen and oxygen atoms in total. The van der Waals surface area contributed by atoms with E-state index in [2.05, 4.69) is 4.72 Å². The van der Waals surface area contributed by atoms with Gasteiger partial charge >= 0.3 is 0 Å². The highest BCUT2D eigenvalue weighted by atomic mass is 35.5. The van der Waals surface area contributed by atoms with Gasteiger partial charge in [-0.25, -0.2) is 0 Å². The summed E-state index contributed by atoms with van der Waals surface area (Å²) in [6.07, 6.45) is 0. The van der Waals surface area contributed by atoms with E-state index in [1.165, 1.54) is 0 Å². The normalized spacial score (nSPS) is 9.50. The van der Waals surface area contributed by atoms with Crippen LogP contribution in [-0.2, 0) is 4.79 Å². The Kier molecular flexibility index (Phi) is 3.72. The van der Waals surface area contributed by atoms with Crippen molar-refractivity contribution in [3.63, 3.8) is 0 Å². The van der Waals surface area contributed by atoms with Crippen LogP contribution >= 0.6 is 35.1 Å². The lowest BCUT2D eigenvalue weighted by Gasteiger charge is -2.01. The fourth-order valence-electron chi connectivity index (χ4n) is 0.652. The third kappa shape index (κ3) is 2.59.